The number of amides is 2. The van der Waals surface area contributed by atoms with Crippen LogP contribution in [0.2, 0.25) is 0 Å². The van der Waals surface area contributed by atoms with Crippen LogP contribution in [0.15, 0.2) is 60.8 Å². The summed E-state index contributed by atoms with van der Waals surface area (Å²) < 4.78 is 6.65. The van der Waals surface area contributed by atoms with E-state index in [2.05, 4.69) is 10.3 Å². The van der Waals surface area contributed by atoms with Crippen molar-refractivity contribution in [3.05, 3.63) is 89.0 Å². The van der Waals surface area contributed by atoms with Gasteiger partial charge < -0.3 is 19.5 Å². The van der Waals surface area contributed by atoms with Crippen molar-refractivity contribution < 1.29 is 19.1 Å². The Morgan fingerprint density at radius 2 is 1.91 bits per heavy atom. The van der Waals surface area contributed by atoms with Gasteiger partial charge >= 0.3 is 5.97 Å². The van der Waals surface area contributed by atoms with Gasteiger partial charge in [0.15, 0.2) is 0 Å². The number of ether oxygens (including phenoxy) is 1. The average Bonchev–Trinajstić information content (AvgIpc) is 3.31. The van der Waals surface area contributed by atoms with Gasteiger partial charge in [0.05, 0.1) is 12.7 Å². The van der Waals surface area contributed by atoms with E-state index in [-0.39, 0.29) is 24.1 Å². The summed E-state index contributed by atoms with van der Waals surface area (Å²) in [5, 5.41) is 2.18. The Balaban J connectivity index is 1.57. The van der Waals surface area contributed by atoms with Crippen LogP contribution in [0.3, 0.4) is 0 Å². The molecule has 1 N–H and O–H groups in total. The fourth-order valence-corrected chi connectivity index (χ4v) is 4.18. The minimum absolute atomic E-state index is 0.179. The number of carbonyl (C=O) groups is 3. The molecule has 8 nitrogen and oxygen atoms in total. The maximum Gasteiger partial charge on any atom is 0.337 e. The van der Waals surface area contributed by atoms with Crippen LogP contribution in [-0.4, -0.2) is 51.3 Å². The highest BCUT2D eigenvalue weighted by Crippen LogP contribution is 2.32. The van der Waals surface area contributed by atoms with Gasteiger partial charge in [-0.2, -0.15) is 0 Å². The summed E-state index contributed by atoms with van der Waals surface area (Å²) >= 11 is 6.12. The van der Waals surface area contributed by atoms with Crippen LogP contribution < -0.4 is 5.32 Å². The van der Waals surface area contributed by atoms with Gasteiger partial charge in [0.2, 0.25) is 5.91 Å². The minimum atomic E-state index is -0.670. The molecule has 1 aromatic heterocycles. The Kier molecular flexibility index (Phi) is 6.98. The Morgan fingerprint density at radius 1 is 1.15 bits per heavy atom. The molecule has 0 aliphatic carbocycles. The first kappa shape index (κ1) is 23.5. The maximum atomic E-state index is 12.9. The summed E-state index contributed by atoms with van der Waals surface area (Å²) in [6.07, 6.45) is 1.71. The van der Waals surface area contributed by atoms with Crippen LogP contribution in [0.1, 0.15) is 50.8 Å². The summed E-state index contributed by atoms with van der Waals surface area (Å²) in [5.74, 6) is -0.352. The van der Waals surface area contributed by atoms with E-state index in [0.717, 1.165) is 11.1 Å². The molecule has 34 heavy (non-hydrogen) atoms. The first-order chi connectivity index (χ1) is 16.4. The highest BCUT2D eigenvalue weighted by atomic mass is 35.5. The molecular formula is C25H25ClN4O4. The Bertz CT molecular complexity index is 1210. The quantitative estimate of drug-likeness (QED) is 0.432. The Hall–Kier alpha value is -3.65. The number of fused-ring (bicyclic) bond motifs is 1. The fraction of sp³-hybridized carbons (Fsp3) is 0.280. The van der Waals surface area contributed by atoms with Crippen molar-refractivity contribution in [2.24, 2.45) is 0 Å². The van der Waals surface area contributed by atoms with Gasteiger partial charge in [-0.15, -0.1) is 11.6 Å². The van der Waals surface area contributed by atoms with Crippen LogP contribution in [-0.2, 0) is 22.6 Å². The zero-order chi connectivity index (χ0) is 24.2. The van der Waals surface area contributed by atoms with E-state index in [1.54, 1.807) is 36.2 Å². The SMILES string of the molecule is COC(=O)c1cccc(CNC(=O)c2cn3c(n2)C(c2ccccc2)N(C(=O)C(C)Cl)CC3)c1. The predicted octanol–water partition coefficient (Wildman–Crippen LogP) is 3.16. The summed E-state index contributed by atoms with van der Waals surface area (Å²) in [6, 6.07) is 16.0. The molecule has 9 heteroatoms. The van der Waals surface area contributed by atoms with E-state index < -0.39 is 17.4 Å². The van der Waals surface area contributed by atoms with Gasteiger partial charge in [0.1, 0.15) is 22.9 Å². The van der Waals surface area contributed by atoms with Crippen molar-refractivity contribution >= 4 is 29.4 Å². The van der Waals surface area contributed by atoms with Crippen molar-refractivity contribution in [2.75, 3.05) is 13.7 Å². The largest absolute Gasteiger partial charge is 0.465 e. The molecule has 0 spiro atoms. The summed E-state index contributed by atoms with van der Waals surface area (Å²) in [6.45, 7) is 2.85. The van der Waals surface area contributed by atoms with Gasteiger partial charge in [-0.3, -0.25) is 9.59 Å². The molecule has 2 atom stereocenters. The molecule has 1 aliphatic heterocycles. The third kappa shape index (κ3) is 4.82. The second-order valence-electron chi connectivity index (χ2n) is 8.01. The molecule has 2 amide bonds. The fourth-order valence-electron chi connectivity index (χ4n) is 4.05. The van der Waals surface area contributed by atoms with Crippen molar-refractivity contribution in [2.45, 2.75) is 31.4 Å². The number of halogens is 1. The standard InChI is InChI=1S/C25H25ClN4O4/c1-16(26)24(32)30-12-11-29-15-20(28-22(29)21(30)18-8-4-3-5-9-18)23(31)27-14-17-7-6-10-19(13-17)25(33)34-2/h3-10,13,15-16,21H,11-12,14H2,1-2H3,(H,27,31). The maximum absolute atomic E-state index is 12.9. The monoisotopic (exact) mass is 480 g/mol. The molecule has 0 fully saturated rings. The summed E-state index contributed by atoms with van der Waals surface area (Å²) in [4.78, 5) is 43.8. The zero-order valence-corrected chi connectivity index (χ0v) is 19.7. The lowest BCUT2D eigenvalue weighted by Gasteiger charge is -2.36. The molecular weight excluding hydrogens is 456 g/mol. The molecule has 2 aromatic carbocycles. The third-order valence-electron chi connectivity index (χ3n) is 5.72. The number of benzene rings is 2. The van der Waals surface area contributed by atoms with Crippen LogP contribution in [0.25, 0.3) is 0 Å². The van der Waals surface area contributed by atoms with Gasteiger partial charge in [-0.25, -0.2) is 9.78 Å². The first-order valence-corrected chi connectivity index (χ1v) is 11.3. The first-order valence-electron chi connectivity index (χ1n) is 10.9. The molecule has 0 saturated heterocycles. The topological polar surface area (TPSA) is 93.5 Å². The lowest BCUT2D eigenvalue weighted by Crippen LogP contribution is -2.45. The van der Waals surface area contributed by atoms with Gasteiger partial charge in [-0.05, 0) is 30.2 Å². The number of esters is 1. The number of rotatable bonds is 6. The van der Waals surface area contributed by atoms with E-state index in [9.17, 15) is 14.4 Å². The number of carbonyl (C=O) groups excluding carboxylic acids is 3. The van der Waals surface area contributed by atoms with Crippen molar-refractivity contribution in [1.29, 1.82) is 0 Å². The van der Waals surface area contributed by atoms with Gasteiger partial charge in [-0.1, -0.05) is 42.5 Å². The average molecular weight is 481 g/mol. The van der Waals surface area contributed by atoms with Crippen molar-refractivity contribution in [1.82, 2.24) is 19.8 Å². The highest BCUT2D eigenvalue weighted by Gasteiger charge is 2.36. The number of imidazole rings is 1. The van der Waals surface area contributed by atoms with Crippen LogP contribution in [0, 0.1) is 0 Å². The van der Waals surface area contributed by atoms with Gasteiger partial charge in [0.25, 0.3) is 5.91 Å². The Morgan fingerprint density at radius 3 is 2.62 bits per heavy atom. The molecule has 0 bridgehead atoms. The lowest BCUT2D eigenvalue weighted by molar-refractivity contribution is -0.133. The van der Waals surface area contributed by atoms with Crippen molar-refractivity contribution in [3.8, 4) is 0 Å². The molecule has 1 aliphatic rings. The smallest absolute Gasteiger partial charge is 0.337 e. The van der Waals surface area contributed by atoms with E-state index in [4.69, 9.17) is 16.3 Å². The van der Waals surface area contributed by atoms with Crippen LogP contribution in [0.5, 0.6) is 0 Å². The van der Waals surface area contributed by atoms with E-state index in [1.807, 2.05) is 41.0 Å². The molecule has 2 heterocycles. The number of nitrogens with one attached hydrogen (secondary N) is 1. The van der Waals surface area contributed by atoms with Crippen LogP contribution >= 0.6 is 11.6 Å². The van der Waals surface area contributed by atoms with Crippen molar-refractivity contribution in [3.63, 3.8) is 0 Å². The molecule has 2 unspecified atom stereocenters. The number of methoxy groups -OCH3 is 1. The molecule has 4 rings (SSSR count). The number of hydrogen-bond donors (Lipinski definition) is 1. The number of nitrogens with zero attached hydrogens (tertiary/aromatic N) is 3. The predicted molar refractivity (Wildman–Crippen MR) is 126 cm³/mol. The normalized spacial score (nSPS) is 15.9. The molecule has 0 saturated carbocycles. The highest BCUT2D eigenvalue weighted by molar-refractivity contribution is 6.30. The number of aromatic nitrogens is 2. The molecule has 3 aromatic rings. The van der Waals surface area contributed by atoms with Gasteiger partial charge in [0, 0.05) is 25.8 Å². The summed E-state index contributed by atoms with van der Waals surface area (Å²) in [5.41, 5.74) is 2.32. The zero-order valence-electron chi connectivity index (χ0n) is 18.9. The van der Waals surface area contributed by atoms with E-state index in [1.165, 1.54) is 7.11 Å². The van der Waals surface area contributed by atoms with E-state index >= 15 is 0 Å². The molecule has 176 valence electrons. The summed E-state index contributed by atoms with van der Waals surface area (Å²) in [7, 11) is 1.32. The molecule has 0 radical (unpaired) electrons. The number of alkyl halides is 1. The number of hydrogen-bond acceptors (Lipinski definition) is 5. The third-order valence-corrected chi connectivity index (χ3v) is 5.90. The second kappa shape index (κ2) is 10.1. The Labute approximate surface area is 202 Å². The lowest BCUT2D eigenvalue weighted by atomic mass is 10.0. The van der Waals surface area contributed by atoms with E-state index in [0.29, 0.717) is 24.5 Å². The minimum Gasteiger partial charge on any atom is -0.465 e. The van der Waals surface area contributed by atoms with Crippen LogP contribution in [0.4, 0.5) is 0 Å². The second-order valence-corrected chi connectivity index (χ2v) is 8.67.